The summed E-state index contributed by atoms with van der Waals surface area (Å²) in [4.78, 5) is 23.6. The van der Waals surface area contributed by atoms with Crippen LogP contribution in [0, 0.1) is 5.82 Å². The third-order valence-corrected chi connectivity index (χ3v) is 3.32. The topological polar surface area (TPSA) is 68.5 Å². The second kappa shape index (κ2) is 6.01. The van der Waals surface area contributed by atoms with Crippen LogP contribution in [-0.4, -0.2) is 15.6 Å². The fourth-order valence-corrected chi connectivity index (χ4v) is 1.92. The van der Waals surface area contributed by atoms with Gasteiger partial charge in [0.25, 0.3) is 5.56 Å². The molecule has 0 aliphatic rings. The van der Waals surface area contributed by atoms with Crippen molar-refractivity contribution < 1.29 is 19.0 Å². The van der Waals surface area contributed by atoms with Crippen molar-refractivity contribution in [3.05, 3.63) is 64.3 Å². The summed E-state index contributed by atoms with van der Waals surface area (Å²) in [7, 11) is 0. The van der Waals surface area contributed by atoms with Crippen molar-refractivity contribution in [1.82, 2.24) is 4.57 Å². The molecule has 1 aromatic heterocycles. The maximum atomic E-state index is 13.1. The van der Waals surface area contributed by atoms with Crippen LogP contribution in [0.3, 0.4) is 0 Å². The Labute approximate surface area is 126 Å². The standard InChI is InChI=1S/C16H16FNO4/c1-16(2,15(20)21)18-8-4-7-13(14(18)19)22-10-11-5-3-6-12(17)9-11/h3-9H,10H2,1-2H3,(H,20,21). The molecule has 22 heavy (non-hydrogen) atoms. The lowest BCUT2D eigenvalue weighted by Crippen LogP contribution is -2.42. The van der Waals surface area contributed by atoms with Gasteiger partial charge in [-0.2, -0.15) is 0 Å². The van der Waals surface area contributed by atoms with Gasteiger partial charge in [-0.3, -0.25) is 9.36 Å². The molecule has 1 aromatic carbocycles. The van der Waals surface area contributed by atoms with E-state index in [9.17, 15) is 19.1 Å². The lowest BCUT2D eigenvalue weighted by molar-refractivity contribution is -0.145. The number of hydrogen-bond acceptors (Lipinski definition) is 3. The molecule has 1 heterocycles. The number of halogens is 1. The van der Waals surface area contributed by atoms with E-state index in [0.29, 0.717) is 5.56 Å². The largest absolute Gasteiger partial charge is 0.483 e. The van der Waals surface area contributed by atoms with Gasteiger partial charge in [-0.25, -0.2) is 9.18 Å². The Morgan fingerprint density at radius 2 is 2.05 bits per heavy atom. The Morgan fingerprint density at radius 1 is 1.32 bits per heavy atom. The van der Waals surface area contributed by atoms with Gasteiger partial charge in [0.1, 0.15) is 18.0 Å². The van der Waals surface area contributed by atoms with E-state index in [1.54, 1.807) is 12.1 Å². The van der Waals surface area contributed by atoms with Crippen LogP contribution in [-0.2, 0) is 16.9 Å². The smallest absolute Gasteiger partial charge is 0.329 e. The van der Waals surface area contributed by atoms with Gasteiger partial charge in [0.05, 0.1) is 0 Å². The molecule has 0 saturated carbocycles. The number of carbonyl (C=O) groups is 1. The van der Waals surface area contributed by atoms with Crippen LogP contribution in [0.2, 0.25) is 0 Å². The van der Waals surface area contributed by atoms with Crippen molar-refractivity contribution in [2.24, 2.45) is 0 Å². The van der Waals surface area contributed by atoms with Gasteiger partial charge in [-0.1, -0.05) is 12.1 Å². The summed E-state index contributed by atoms with van der Waals surface area (Å²) in [6, 6.07) is 8.83. The monoisotopic (exact) mass is 305 g/mol. The summed E-state index contributed by atoms with van der Waals surface area (Å²) in [5, 5.41) is 9.21. The first-order valence-electron chi connectivity index (χ1n) is 6.65. The van der Waals surface area contributed by atoms with E-state index in [2.05, 4.69) is 0 Å². The van der Waals surface area contributed by atoms with Crippen molar-refractivity contribution in [3.63, 3.8) is 0 Å². The van der Waals surface area contributed by atoms with Gasteiger partial charge in [0.2, 0.25) is 0 Å². The summed E-state index contributed by atoms with van der Waals surface area (Å²) in [5.74, 6) is -1.50. The molecule has 2 aromatic rings. The molecule has 0 aliphatic heterocycles. The van der Waals surface area contributed by atoms with Gasteiger partial charge in [0.15, 0.2) is 5.75 Å². The minimum atomic E-state index is -1.39. The number of nitrogens with zero attached hydrogens (tertiary/aromatic N) is 1. The zero-order valence-corrected chi connectivity index (χ0v) is 12.2. The van der Waals surface area contributed by atoms with E-state index in [-0.39, 0.29) is 12.4 Å². The maximum absolute atomic E-state index is 13.1. The van der Waals surface area contributed by atoms with Crippen LogP contribution in [0.25, 0.3) is 0 Å². The van der Waals surface area contributed by atoms with E-state index >= 15 is 0 Å². The predicted molar refractivity (Wildman–Crippen MR) is 78.4 cm³/mol. The van der Waals surface area contributed by atoms with Crippen LogP contribution in [0.4, 0.5) is 4.39 Å². The highest BCUT2D eigenvalue weighted by molar-refractivity contribution is 5.75. The number of hydrogen-bond donors (Lipinski definition) is 1. The van der Waals surface area contributed by atoms with Crippen LogP contribution in [0.5, 0.6) is 5.75 Å². The van der Waals surface area contributed by atoms with Gasteiger partial charge in [-0.15, -0.1) is 0 Å². The molecule has 0 fully saturated rings. The third kappa shape index (κ3) is 3.16. The molecule has 1 N–H and O–H groups in total. The molecule has 0 atom stereocenters. The Hall–Kier alpha value is -2.63. The molecule has 5 nitrogen and oxygen atoms in total. The van der Waals surface area contributed by atoms with Crippen molar-refractivity contribution >= 4 is 5.97 Å². The highest BCUT2D eigenvalue weighted by Crippen LogP contribution is 2.15. The van der Waals surface area contributed by atoms with E-state index < -0.39 is 22.9 Å². The number of rotatable bonds is 5. The number of pyridine rings is 1. The number of ether oxygens (including phenoxy) is 1. The fourth-order valence-electron chi connectivity index (χ4n) is 1.92. The van der Waals surface area contributed by atoms with Crippen LogP contribution >= 0.6 is 0 Å². The molecule has 2 rings (SSSR count). The molecular formula is C16H16FNO4. The Balaban J connectivity index is 2.27. The number of aromatic nitrogens is 1. The molecule has 0 spiro atoms. The van der Waals surface area contributed by atoms with Crippen molar-refractivity contribution in [1.29, 1.82) is 0 Å². The van der Waals surface area contributed by atoms with Crippen LogP contribution in [0.15, 0.2) is 47.4 Å². The average Bonchev–Trinajstić information content (AvgIpc) is 2.46. The van der Waals surface area contributed by atoms with Crippen molar-refractivity contribution in [3.8, 4) is 5.75 Å². The van der Waals surface area contributed by atoms with E-state index in [4.69, 9.17) is 4.74 Å². The van der Waals surface area contributed by atoms with Crippen molar-refractivity contribution in [2.45, 2.75) is 26.0 Å². The normalized spacial score (nSPS) is 11.2. The quantitative estimate of drug-likeness (QED) is 0.921. The molecule has 6 heteroatoms. The molecule has 116 valence electrons. The minimum absolute atomic E-state index is 0.0149. The first kappa shape index (κ1) is 15.8. The number of carboxylic acids is 1. The lowest BCUT2D eigenvalue weighted by Gasteiger charge is -2.22. The Bertz CT molecular complexity index is 752. The lowest BCUT2D eigenvalue weighted by atomic mass is 10.1. The van der Waals surface area contributed by atoms with Gasteiger partial charge in [0, 0.05) is 6.20 Å². The minimum Gasteiger partial charge on any atom is -0.483 e. The van der Waals surface area contributed by atoms with Gasteiger partial charge in [-0.05, 0) is 43.7 Å². The van der Waals surface area contributed by atoms with E-state index in [0.717, 1.165) is 4.57 Å². The Morgan fingerprint density at radius 3 is 2.68 bits per heavy atom. The molecule has 0 saturated heterocycles. The summed E-state index contributed by atoms with van der Waals surface area (Å²) >= 11 is 0. The summed E-state index contributed by atoms with van der Waals surface area (Å²) < 4.78 is 19.6. The fraction of sp³-hybridized carbons (Fsp3) is 0.250. The van der Waals surface area contributed by atoms with Crippen LogP contribution in [0.1, 0.15) is 19.4 Å². The summed E-state index contributed by atoms with van der Waals surface area (Å²) in [6.45, 7) is 2.87. The summed E-state index contributed by atoms with van der Waals surface area (Å²) in [6.07, 6.45) is 1.39. The molecule has 0 unspecified atom stereocenters. The number of benzene rings is 1. The zero-order valence-electron chi connectivity index (χ0n) is 12.2. The number of carboxylic acid groups (broad SMARTS) is 1. The first-order chi connectivity index (χ1) is 10.3. The first-order valence-corrected chi connectivity index (χ1v) is 6.65. The Kier molecular flexibility index (Phi) is 4.30. The highest BCUT2D eigenvalue weighted by atomic mass is 19.1. The highest BCUT2D eigenvalue weighted by Gasteiger charge is 2.30. The van der Waals surface area contributed by atoms with Crippen molar-refractivity contribution in [2.75, 3.05) is 0 Å². The molecule has 0 radical (unpaired) electrons. The second-order valence-electron chi connectivity index (χ2n) is 5.33. The second-order valence-corrected chi connectivity index (χ2v) is 5.33. The maximum Gasteiger partial charge on any atom is 0.329 e. The van der Waals surface area contributed by atoms with Gasteiger partial charge < -0.3 is 9.84 Å². The molecular weight excluding hydrogens is 289 g/mol. The SMILES string of the molecule is CC(C)(C(=O)O)n1cccc(OCc2cccc(F)c2)c1=O. The molecule has 0 bridgehead atoms. The molecule has 0 aliphatic carbocycles. The zero-order chi connectivity index (χ0) is 16.3. The summed E-state index contributed by atoms with van der Waals surface area (Å²) in [5.41, 5.74) is -1.37. The van der Waals surface area contributed by atoms with E-state index in [1.807, 2.05) is 0 Å². The van der Waals surface area contributed by atoms with Gasteiger partial charge >= 0.3 is 5.97 Å². The third-order valence-electron chi connectivity index (χ3n) is 3.32. The number of aliphatic carboxylic acids is 1. The predicted octanol–water partition coefficient (Wildman–Crippen LogP) is 2.39. The average molecular weight is 305 g/mol. The van der Waals surface area contributed by atoms with E-state index in [1.165, 1.54) is 44.3 Å². The van der Waals surface area contributed by atoms with Crippen LogP contribution < -0.4 is 10.3 Å². The molecule has 0 amide bonds.